The van der Waals surface area contributed by atoms with Gasteiger partial charge >= 0.3 is 12.0 Å². The van der Waals surface area contributed by atoms with Crippen molar-refractivity contribution < 1.29 is 9.47 Å². The maximum absolute atomic E-state index is 5.76. The highest BCUT2D eigenvalue weighted by Crippen LogP contribution is 2.24. The lowest BCUT2D eigenvalue weighted by atomic mass is 10.5. The molecule has 7 heteroatoms. The van der Waals surface area contributed by atoms with Crippen LogP contribution in [0, 0.1) is 0 Å². The molecular weight excluding hydrogens is 256 g/mol. The molecule has 1 fully saturated rings. The van der Waals surface area contributed by atoms with Crippen LogP contribution in [0.1, 0.15) is 19.8 Å². The molecule has 0 amide bonds. The quantitative estimate of drug-likeness (QED) is 0.748. The molecule has 0 N–H and O–H groups in total. The van der Waals surface area contributed by atoms with Crippen molar-refractivity contribution in [3.63, 3.8) is 0 Å². The Balaban J connectivity index is 1.83. The molecule has 6 nitrogen and oxygen atoms in total. The van der Waals surface area contributed by atoms with Crippen LogP contribution in [0.5, 0.6) is 12.0 Å². The van der Waals surface area contributed by atoms with Gasteiger partial charge in [-0.15, -0.1) is 4.98 Å². The van der Waals surface area contributed by atoms with E-state index in [-0.39, 0.29) is 17.3 Å². The van der Waals surface area contributed by atoms with Crippen molar-refractivity contribution in [1.29, 1.82) is 0 Å². The Morgan fingerprint density at radius 3 is 2.50 bits per heavy atom. The van der Waals surface area contributed by atoms with E-state index < -0.39 is 0 Å². The van der Waals surface area contributed by atoms with Gasteiger partial charge in [-0.3, -0.25) is 0 Å². The van der Waals surface area contributed by atoms with E-state index in [1.807, 2.05) is 6.92 Å². The van der Waals surface area contributed by atoms with Crippen LogP contribution in [0.3, 0.4) is 0 Å². The smallest absolute Gasteiger partial charge is 0.323 e. The molecule has 2 rings (SSSR count). The molecule has 1 heterocycles. The average molecular weight is 273 g/mol. The van der Waals surface area contributed by atoms with Gasteiger partial charge in [0.25, 0.3) is 0 Å². The summed E-state index contributed by atoms with van der Waals surface area (Å²) in [5, 5.41) is 0.0824. The summed E-state index contributed by atoms with van der Waals surface area (Å²) in [6, 6.07) is 1.13. The van der Waals surface area contributed by atoms with Gasteiger partial charge in [-0.1, -0.05) is 0 Å². The number of hydrogen-bond donors (Lipinski definition) is 0. The zero-order valence-electron chi connectivity index (χ0n) is 10.6. The molecule has 0 saturated heterocycles. The molecule has 0 aliphatic heterocycles. The maximum atomic E-state index is 5.76. The molecule has 1 aliphatic rings. The second-order valence-corrected chi connectivity index (χ2v) is 4.50. The number of aromatic nitrogens is 3. The highest BCUT2D eigenvalue weighted by Gasteiger charge is 2.25. The van der Waals surface area contributed by atoms with E-state index in [1.165, 1.54) is 12.8 Å². The molecule has 100 valence electrons. The van der Waals surface area contributed by atoms with E-state index in [0.717, 1.165) is 12.6 Å². The summed E-state index contributed by atoms with van der Waals surface area (Å²) in [4.78, 5) is 14.0. The van der Waals surface area contributed by atoms with Crippen molar-refractivity contribution in [2.75, 3.05) is 26.8 Å². The first-order chi connectivity index (χ1) is 8.69. The zero-order chi connectivity index (χ0) is 13.0. The number of ether oxygens (including phenoxy) is 2. The third kappa shape index (κ3) is 3.96. The van der Waals surface area contributed by atoms with Gasteiger partial charge in [0.15, 0.2) is 0 Å². The monoisotopic (exact) mass is 272 g/mol. The third-order valence-corrected chi connectivity index (χ3v) is 2.85. The first-order valence-electron chi connectivity index (χ1n) is 6.06. The minimum atomic E-state index is 0.0824. The van der Waals surface area contributed by atoms with E-state index in [2.05, 4.69) is 26.9 Å². The maximum Gasteiger partial charge on any atom is 0.323 e. The number of halogens is 1. The second-order valence-electron chi connectivity index (χ2n) is 4.16. The first-order valence-corrected chi connectivity index (χ1v) is 6.44. The largest absolute Gasteiger partial charge is 0.464 e. The Labute approximate surface area is 111 Å². The fourth-order valence-electron chi connectivity index (χ4n) is 1.55. The molecule has 1 aromatic heterocycles. The lowest BCUT2D eigenvalue weighted by Crippen LogP contribution is -2.26. The highest BCUT2D eigenvalue weighted by molar-refractivity contribution is 6.28. The van der Waals surface area contributed by atoms with Gasteiger partial charge in [0, 0.05) is 12.6 Å². The van der Waals surface area contributed by atoms with Gasteiger partial charge in [0.1, 0.15) is 6.61 Å². The summed E-state index contributed by atoms with van der Waals surface area (Å²) in [6.45, 7) is 3.70. The van der Waals surface area contributed by atoms with Crippen LogP contribution in [0.25, 0.3) is 0 Å². The number of rotatable bonds is 7. The molecular formula is C11H17ClN4O2. The van der Waals surface area contributed by atoms with E-state index in [1.54, 1.807) is 0 Å². The Kier molecular flexibility index (Phi) is 4.54. The van der Waals surface area contributed by atoms with Crippen molar-refractivity contribution in [3.8, 4) is 12.0 Å². The lowest BCUT2D eigenvalue weighted by Gasteiger charge is -2.15. The molecule has 0 unspecified atom stereocenters. The summed E-state index contributed by atoms with van der Waals surface area (Å²) < 4.78 is 10.6. The number of nitrogens with zero attached hydrogens (tertiary/aromatic N) is 4. The van der Waals surface area contributed by atoms with Crippen molar-refractivity contribution >= 4 is 11.6 Å². The lowest BCUT2D eigenvalue weighted by molar-refractivity contribution is 0.215. The van der Waals surface area contributed by atoms with Crippen LogP contribution in [0.4, 0.5) is 0 Å². The standard InChI is InChI=1S/C11H17ClN4O2/c1-3-17-10-13-9(12)14-11(15-10)18-7-6-16(2)8-4-5-8/h8H,3-7H2,1-2H3. The molecule has 0 radical (unpaired) electrons. The topological polar surface area (TPSA) is 60.4 Å². The Morgan fingerprint density at radius 1 is 1.22 bits per heavy atom. The van der Waals surface area contributed by atoms with Crippen LogP contribution in [0.15, 0.2) is 0 Å². The number of likely N-dealkylation sites (N-methyl/N-ethyl adjacent to an activating group) is 1. The first kappa shape index (κ1) is 13.3. The van der Waals surface area contributed by atoms with Crippen molar-refractivity contribution in [2.45, 2.75) is 25.8 Å². The van der Waals surface area contributed by atoms with E-state index in [4.69, 9.17) is 21.1 Å². The van der Waals surface area contributed by atoms with Crippen molar-refractivity contribution in [3.05, 3.63) is 5.28 Å². The Hall–Kier alpha value is -1.14. The summed E-state index contributed by atoms with van der Waals surface area (Å²) >= 11 is 5.76. The molecule has 1 saturated carbocycles. The van der Waals surface area contributed by atoms with Gasteiger partial charge in [-0.25, -0.2) is 0 Å². The van der Waals surface area contributed by atoms with Crippen LogP contribution >= 0.6 is 11.6 Å². The Morgan fingerprint density at radius 2 is 1.89 bits per heavy atom. The van der Waals surface area contributed by atoms with Crippen LogP contribution in [0.2, 0.25) is 5.28 Å². The van der Waals surface area contributed by atoms with Crippen molar-refractivity contribution in [1.82, 2.24) is 19.9 Å². The predicted octanol–water partition coefficient (Wildman–Crippen LogP) is 1.40. The summed E-state index contributed by atoms with van der Waals surface area (Å²) in [5.41, 5.74) is 0. The van der Waals surface area contributed by atoms with E-state index in [0.29, 0.717) is 13.2 Å². The van der Waals surface area contributed by atoms with E-state index in [9.17, 15) is 0 Å². The molecule has 1 aromatic rings. The summed E-state index contributed by atoms with van der Waals surface area (Å²) in [5.74, 6) is 0. The summed E-state index contributed by atoms with van der Waals surface area (Å²) in [7, 11) is 2.09. The normalized spacial score (nSPS) is 14.9. The SMILES string of the molecule is CCOc1nc(Cl)nc(OCCN(C)C2CC2)n1. The van der Waals surface area contributed by atoms with Gasteiger partial charge in [0.05, 0.1) is 6.61 Å². The zero-order valence-corrected chi connectivity index (χ0v) is 11.4. The van der Waals surface area contributed by atoms with Crippen LogP contribution in [-0.2, 0) is 0 Å². The van der Waals surface area contributed by atoms with E-state index >= 15 is 0 Å². The molecule has 0 atom stereocenters. The minimum absolute atomic E-state index is 0.0824. The Bertz CT molecular complexity index is 401. The highest BCUT2D eigenvalue weighted by atomic mass is 35.5. The predicted molar refractivity (Wildman–Crippen MR) is 67.2 cm³/mol. The van der Waals surface area contributed by atoms with Gasteiger partial charge in [-0.05, 0) is 38.4 Å². The van der Waals surface area contributed by atoms with Gasteiger partial charge in [-0.2, -0.15) is 9.97 Å². The minimum Gasteiger partial charge on any atom is -0.464 e. The van der Waals surface area contributed by atoms with Crippen molar-refractivity contribution in [2.24, 2.45) is 0 Å². The van der Waals surface area contributed by atoms with Crippen LogP contribution in [-0.4, -0.2) is 52.7 Å². The van der Waals surface area contributed by atoms with Gasteiger partial charge in [0.2, 0.25) is 5.28 Å². The third-order valence-electron chi connectivity index (χ3n) is 2.69. The molecule has 0 spiro atoms. The number of hydrogen-bond acceptors (Lipinski definition) is 6. The van der Waals surface area contributed by atoms with Gasteiger partial charge < -0.3 is 14.4 Å². The average Bonchev–Trinajstić information content (AvgIpc) is 3.12. The second kappa shape index (κ2) is 6.15. The fourth-order valence-corrected chi connectivity index (χ4v) is 1.70. The fraction of sp³-hybridized carbons (Fsp3) is 0.727. The molecule has 0 aromatic carbocycles. The molecule has 0 bridgehead atoms. The molecule has 18 heavy (non-hydrogen) atoms. The van der Waals surface area contributed by atoms with Crippen LogP contribution < -0.4 is 9.47 Å². The molecule has 1 aliphatic carbocycles. The summed E-state index contributed by atoms with van der Waals surface area (Å²) in [6.07, 6.45) is 2.56.